The summed E-state index contributed by atoms with van der Waals surface area (Å²) in [6, 6.07) is 15.5. The third-order valence-corrected chi connectivity index (χ3v) is 4.06. The summed E-state index contributed by atoms with van der Waals surface area (Å²) in [6.45, 7) is 0.0138. The summed E-state index contributed by atoms with van der Waals surface area (Å²) < 4.78 is 17.8. The number of halogens is 1. The number of carbonyl (C=O) groups excluding carboxylic acids is 2. The number of benzene rings is 2. The first-order chi connectivity index (χ1) is 13.6. The molecule has 0 aliphatic rings. The Kier molecular flexibility index (Phi) is 6.46. The maximum atomic E-state index is 12.8. The van der Waals surface area contributed by atoms with E-state index in [0.29, 0.717) is 13.0 Å². The van der Waals surface area contributed by atoms with Gasteiger partial charge in [0.25, 0.3) is 5.91 Å². The highest BCUT2D eigenvalue weighted by Crippen LogP contribution is 2.17. The van der Waals surface area contributed by atoms with Crippen LogP contribution in [0.15, 0.2) is 66.9 Å². The summed E-state index contributed by atoms with van der Waals surface area (Å²) in [5.41, 5.74) is 2.48. The first-order valence-corrected chi connectivity index (χ1v) is 8.81. The van der Waals surface area contributed by atoms with Crippen molar-refractivity contribution in [1.82, 2.24) is 10.3 Å². The predicted molar refractivity (Wildman–Crippen MR) is 105 cm³/mol. The van der Waals surface area contributed by atoms with Gasteiger partial charge in [0.15, 0.2) is 6.61 Å². The molecule has 0 atom stereocenters. The van der Waals surface area contributed by atoms with Gasteiger partial charge in [-0.25, -0.2) is 9.18 Å². The standard InChI is InChI=1S/C22H19FN2O3/c23-19-9-6-16(7-10-19)12-14-24-20(26)15-28-21(27)11-8-18-4-1-3-17-5-2-13-25-22(17)18/h1-11,13H,12,14-15H2,(H,24,26)/b11-8+. The summed E-state index contributed by atoms with van der Waals surface area (Å²) in [6.07, 6.45) is 5.14. The molecule has 0 aliphatic heterocycles. The van der Waals surface area contributed by atoms with Gasteiger partial charge in [0.05, 0.1) is 5.52 Å². The van der Waals surface area contributed by atoms with E-state index >= 15 is 0 Å². The first kappa shape index (κ1) is 19.2. The van der Waals surface area contributed by atoms with Gasteiger partial charge in [0, 0.05) is 29.8 Å². The second-order valence-electron chi connectivity index (χ2n) is 6.09. The van der Waals surface area contributed by atoms with E-state index < -0.39 is 11.9 Å². The molecule has 3 rings (SSSR count). The third-order valence-electron chi connectivity index (χ3n) is 4.06. The number of rotatable bonds is 7. The van der Waals surface area contributed by atoms with Gasteiger partial charge in [-0.1, -0.05) is 36.4 Å². The lowest BCUT2D eigenvalue weighted by molar-refractivity contribution is -0.143. The van der Waals surface area contributed by atoms with Crippen LogP contribution in [0, 0.1) is 5.82 Å². The van der Waals surface area contributed by atoms with Gasteiger partial charge < -0.3 is 10.1 Å². The summed E-state index contributed by atoms with van der Waals surface area (Å²) in [7, 11) is 0. The molecule has 0 bridgehead atoms. The Labute approximate surface area is 161 Å². The molecule has 0 saturated carbocycles. The van der Waals surface area contributed by atoms with Gasteiger partial charge in [-0.05, 0) is 36.3 Å². The molecule has 0 radical (unpaired) electrons. The number of amides is 1. The van der Waals surface area contributed by atoms with E-state index in [1.165, 1.54) is 18.2 Å². The van der Waals surface area contributed by atoms with Crippen molar-refractivity contribution in [3.63, 3.8) is 0 Å². The van der Waals surface area contributed by atoms with E-state index in [9.17, 15) is 14.0 Å². The number of pyridine rings is 1. The van der Waals surface area contributed by atoms with Crippen LogP contribution in [0.3, 0.4) is 0 Å². The van der Waals surface area contributed by atoms with Gasteiger partial charge in [-0.2, -0.15) is 0 Å². The largest absolute Gasteiger partial charge is 0.452 e. The molecule has 28 heavy (non-hydrogen) atoms. The minimum Gasteiger partial charge on any atom is -0.452 e. The number of ether oxygens (including phenoxy) is 1. The SMILES string of the molecule is O=C(COC(=O)/C=C/c1cccc2cccnc12)NCCc1ccc(F)cc1. The molecule has 6 heteroatoms. The topological polar surface area (TPSA) is 68.3 Å². The van der Waals surface area contributed by atoms with E-state index in [1.807, 2.05) is 30.3 Å². The maximum Gasteiger partial charge on any atom is 0.331 e. The lowest BCUT2D eigenvalue weighted by Crippen LogP contribution is -2.30. The Morgan fingerprint density at radius 3 is 2.68 bits per heavy atom. The minimum absolute atomic E-state index is 0.299. The highest BCUT2D eigenvalue weighted by Gasteiger charge is 2.05. The average molecular weight is 378 g/mol. The van der Waals surface area contributed by atoms with E-state index in [4.69, 9.17) is 4.74 Å². The number of para-hydroxylation sites is 1. The molecule has 1 aromatic heterocycles. The number of hydrogen-bond acceptors (Lipinski definition) is 4. The average Bonchev–Trinajstić information content (AvgIpc) is 2.72. The van der Waals surface area contributed by atoms with Crippen molar-refractivity contribution in [2.75, 3.05) is 13.2 Å². The Morgan fingerprint density at radius 2 is 1.86 bits per heavy atom. The maximum absolute atomic E-state index is 12.8. The Morgan fingerprint density at radius 1 is 1.07 bits per heavy atom. The molecule has 0 spiro atoms. The van der Waals surface area contributed by atoms with Gasteiger partial charge in [-0.15, -0.1) is 0 Å². The van der Waals surface area contributed by atoms with Gasteiger partial charge in [0.2, 0.25) is 0 Å². The molecule has 3 aromatic rings. The zero-order valence-electron chi connectivity index (χ0n) is 15.1. The van der Waals surface area contributed by atoms with Crippen LogP contribution in [0.5, 0.6) is 0 Å². The molecule has 0 fully saturated rings. The highest BCUT2D eigenvalue weighted by atomic mass is 19.1. The zero-order chi connectivity index (χ0) is 19.8. The van der Waals surface area contributed by atoms with Crippen molar-refractivity contribution < 1.29 is 18.7 Å². The summed E-state index contributed by atoms with van der Waals surface area (Å²) in [5, 5.41) is 3.63. The van der Waals surface area contributed by atoms with E-state index in [0.717, 1.165) is 22.0 Å². The lowest BCUT2D eigenvalue weighted by atomic mass is 10.1. The van der Waals surface area contributed by atoms with Gasteiger partial charge in [-0.3, -0.25) is 9.78 Å². The smallest absolute Gasteiger partial charge is 0.331 e. The van der Waals surface area contributed by atoms with Crippen molar-refractivity contribution >= 4 is 28.9 Å². The molecule has 2 aromatic carbocycles. The zero-order valence-corrected chi connectivity index (χ0v) is 15.1. The molecule has 1 amide bonds. The molecule has 1 heterocycles. The predicted octanol–water partition coefficient (Wildman–Crippen LogP) is 3.29. The molecule has 142 valence electrons. The fourth-order valence-corrected chi connectivity index (χ4v) is 2.65. The summed E-state index contributed by atoms with van der Waals surface area (Å²) in [5.74, 6) is -1.30. The third kappa shape index (κ3) is 5.48. The second kappa shape index (κ2) is 9.41. The van der Waals surface area contributed by atoms with Gasteiger partial charge >= 0.3 is 5.97 Å². The van der Waals surface area contributed by atoms with Crippen molar-refractivity contribution in [2.24, 2.45) is 0 Å². The molecule has 5 nitrogen and oxygen atoms in total. The van der Waals surface area contributed by atoms with Crippen LogP contribution < -0.4 is 5.32 Å². The summed E-state index contributed by atoms with van der Waals surface area (Å²) in [4.78, 5) is 27.9. The minimum atomic E-state index is -0.610. The normalized spacial score (nSPS) is 10.9. The highest BCUT2D eigenvalue weighted by molar-refractivity contribution is 5.93. The number of esters is 1. The number of aromatic nitrogens is 1. The number of nitrogens with zero attached hydrogens (tertiary/aromatic N) is 1. The summed E-state index contributed by atoms with van der Waals surface area (Å²) >= 11 is 0. The van der Waals surface area contributed by atoms with Crippen LogP contribution in [0.4, 0.5) is 4.39 Å². The number of hydrogen-bond donors (Lipinski definition) is 1. The molecular weight excluding hydrogens is 359 g/mol. The van der Waals surface area contributed by atoms with Gasteiger partial charge in [0.1, 0.15) is 5.82 Å². The monoisotopic (exact) mass is 378 g/mol. The Hall–Kier alpha value is -3.54. The quantitative estimate of drug-likeness (QED) is 0.506. The van der Waals surface area contributed by atoms with Crippen LogP contribution in [0.1, 0.15) is 11.1 Å². The number of fused-ring (bicyclic) bond motifs is 1. The molecular formula is C22H19FN2O3. The lowest BCUT2D eigenvalue weighted by Gasteiger charge is -2.06. The van der Waals surface area contributed by atoms with Crippen molar-refractivity contribution in [1.29, 1.82) is 0 Å². The Bertz CT molecular complexity index is 995. The fraction of sp³-hybridized carbons (Fsp3) is 0.136. The van der Waals surface area contributed by atoms with Crippen molar-refractivity contribution in [3.05, 3.63) is 83.8 Å². The molecule has 0 saturated heterocycles. The van der Waals surface area contributed by atoms with E-state index in [-0.39, 0.29) is 12.4 Å². The Balaban J connectivity index is 1.44. The van der Waals surface area contributed by atoms with Crippen LogP contribution in [-0.2, 0) is 20.7 Å². The van der Waals surface area contributed by atoms with E-state index in [2.05, 4.69) is 10.3 Å². The van der Waals surface area contributed by atoms with E-state index in [1.54, 1.807) is 24.4 Å². The number of nitrogens with one attached hydrogen (secondary N) is 1. The van der Waals surface area contributed by atoms with Crippen LogP contribution in [-0.4, -0.2) is 30.0 Å². The molecule has 0 unspecified atom stereocenters. The number of carbonyl (C=O) groups is 2. The van der Waals surface area contributed by atoms with Crippen molar-refractivity contribution in [3.8, 4) is 0 Å². The van der Waals surface area contributed by atoms with Crippen LogP contribution in [0.25, 0.3) is 17.0 Å². The van der Waals surface area contributed by atoms with Crippen LogP contribution in [0.2, 0.25) is 0 Å². The second-order valence-corrected chi connectivity index (χ2v) is 6.09. The molecule has 1 N–H and O–H groups in total. The first-order valence-electron chi connectivity index (χ1n) is 8.81. The fourth-order valence-electron chi connectivity index (χ4n) is 2.65. The van der Waals surface area contributed by atoms with Crippen molar-refractivity contribution in [2.45, 2.75) is 6.42 Å². The van der Waals surface area contributed by atoms with Crippen LogP contribution >= 0.6 is 0 Å². The molecule has 0 aliphatic carbocycles.